The summed E-state index contributed by atoms with van der Waals surface area (Å²) in [4.78, 5) is 18.7. The van der Waals surface area contributed by atoms with E-state index in [-0.39, 0.29) is 11.5 Å². The van der Waals surface area contributed by atoms with Gasteiger partial charge in [0.2, 0.25) is 5.82 Å². The molecule has 104 valence electrons. The minimum absolute atomic E-state index is 0.0599. The number of rotatable bonds is 6. The van der Waals surface area contributed by atoms with Gasteiger partial charge >= 0.3 is 5.69 Å². The highest BCUT2D eigenvalue weighted by Crippen LogP contribution is 2.33. The van der Waals surface area contributed by atoms with Gasteiger partial charge < -0.3 is 5.32 Å². The minimum Gasteiger partial charge on any atom is -0.364 e. The summed E-state index contributed by atoms with van der Waals surface area (Å²) in [5.41, 5.74) is 1.03. The predicted molar refractivity (Wildman–Crippen MR) is 78.9 cm³/mol. The molecule has 20 heavy (non-hydrogen) atoms. The fourth-order valence-electron chi connectivity index (χ4n) is 1.66. The van der Waals surface area contributed by atoms with Crippen LogP contribution in [0.5, 0.6) is 0 Å². The normalized spacial score (nSPS) is 10.2. The molecular weight excluding hydrogens is 276 g/mol. The van der Waals surface area contributed by atoms with E-state index < -0.39 is 4.92 Å². The van der Waals surface area contributed by atoms with Crippen molar-refractivity contribution >= 4 is 23.3 Å². The third-order valence-corrected chi connectivity index (χ3v) is 3.58. The van der Waals surface area contributed by atoms with Gasteiger partial charge in [-0.05, 0) is 12.5 Å². The van der Waals surface area contributed by atoms with Crippen molar-refractivity contribution in [1.29, 1.82) is 0 Å². The fourth-order valence-corrected chi connectivity index (χ4v) is 2.58. The lowest BCUT2D eigenvalue weighted by atomic mass is 10.2. The average Bonchev–Trinajstić information content (AvgIpc) is 2.46. The molecule has 0 saturated heterocycles. The minimum atomic E-state index is -0.439. The smallest absolute Gasteiger partial charge is 0.343 e. The SMILES string of the molecule is CCNc1ncnc(SCc2ccccc2)c1[N+](=O)[O-]. The molecule has 1 aromatic heterocycles. The van der Waals surface area contributed by atoms with E-state index in [9.17, 15) is 10.1 Å². The molecule has 0 unspecified atom stereocenters. The molecule has 0 amide bonds. The van der Waals surface area contributed by atoms with Gasteiger partial charge in [-0.1, -0.05) is 42.1 Å². The molecule has 0 saturated carbocycles. The second-order valence-electron chi connectivity index (χ2n) is 3.94. The van der Waals surface area contributed by atoms with Crippen molar-refractivity contribution in [2.45, 2.75) is 17.7 Å². The molecule has 0 atom stereocenters. The Morgan fingerprint density at radius 1 is 1.30 bits per heavy atom. The van der Waals surface area contributed by atoms with Crippen LogP contribution in [0.1, 0.15) is 12.5 Å². The highest BCUT2D eigenvalue weighted by Gasteiger charge is 2.22. The van der Waals surface area contributed by atoms with Crippen LogP contribution < -0.4 is 5.32 Å². The van der Waals surface area contributed by atoms with E-state index in [1.807, 2.05) is 37.3 Å². The second-order valence-corrected chi connectivity index (χ2v) is 4.90. The van der Waals surface area contributed by atoms with Gasteiger partial charge in [-0.3, -0.25) is 10.1 Å². The average molecular weight is 290 g/mol. The lowest BCUT2D eigenvalue weighted by Gasteiger charge is -2.06. The molecule has 1 aromatic carbocycles. The quantitative estimate of drug-likeness (QED) is 0.381. The van der Waals surface area contributed by atoms with E-state index in [4.69, 9.17) is 0 Å². The van der Waals surface area contributed by atoms with Crippen molar-refractivity contribution in [3.8, 4) is 0 Å². The number of thioether (sulfide) groups is 1. The van der Waals surface area contributed by atoms with E-state index in [0.29, 0.717) is 17.3 Å². The molecular formula is C13H14N4O2S. The van der Waals surface area contributed by atoms with Gasteiger partial charge in [-0.2, -0.15) is 0 Å². The number of aromatic nitrogens is 2. The lowest BCUT2D eigenvalue weighted by Crippen LogP contribution is -2.05. The van der Waals surface area contributed by atoms with Crippen LogP contribution in [-0.2, 0) is 5.75 Å². The number of nitrogens with one attached hydrogen (secondary N) is 1. The molecule has 0 bridgehead atoms. The van der Waals surface area contributed by atoms with Crippen molar-refractivity contribution in [3.05, 3.63) is 52.3 Å². The maximum atomic E-state index is 11.2. The monoisotopic (exact) mass is 290 g/mol. The summed E-state index contributed by atoms with van der Waals surface area (Å²) in [5, 5.41) is 14.5. The van der Waals surface area contributed by atoms with Crippen LogP contribution in [0.15, 0.2) is 41.7 Å². The first-order chi connectivity index (χ1) is 9.72. The molecule has 2 aromatic rings. The number of hydrogen-bond acceptors (Lipinski definition) is 6. The molecule has 0 aliphatic carbocycles. The number of nitro groups is 1. The second kappa shape index (κ2) is 6.85. The van der Waals surface area contributed by atoms with Crippen LogP contribution >= 0.6 is 11.8 Å². The third kappa shape index (κ3) is 3.45. The maximum absolute atomic E-state index is 11.2. The Balaban J connectivity index is 2.22. The number of benzene rings is 1. The summed E-state index contributed by atoms with van der Waals surface area (Å²) in [6, 6.07) is 9.77. The molecule has 2 rings (SSSR count). The van der Waals surface area contributed by atoms with Crippen LogP contribution in [-0.4, -0.2) is 21.4 Å². The summed E-state index contributed by atoms with van der Waals surface area (Å²) < 4.78 is 0. The Kier molecular flexibility index (Phi) is 4.89. The van der Waals surface area contributed by atoms with Crippen molar-refractivity contribution < 1.29 is 4.92 Å². The van der Waals surface area contributed by atoms with E-state index in [0.717, 1.165) is 5.56 Å². The first kappa shape index (κ1) is 14.3. The van der Waals surface area contributed by atoms with E-state index in [1.165, 1.54) is 18.1 Å². The van der Waals surface area contributed by atoms with Crippen molar-refractivity contribution in [2.75, 3.05) is 11.9 Å². The van der Waals surface area contributed by atoms with Gasteiger partial charge in [-0.15, -0.1) is 0 Å². The molecule has 1 heterocycles. The van der Waals surface area contributed by atoms with Crippen LogP contribution in [0.4, 0.5) is 11.5 Å². The Hall–Kier alpha value is -2.15. The number of nitrogens with zero attached hydrogens (tertiary/aromatic N) is 3. The summed E-state index contributed by atoms with van der Waals surface area (Å²) in [6.45, 7) is 2.43. The zero-order valence-electron chi connectivity index (χ0n) is 10.9. The Bertz CT molecular complexity index is 592. The van der Waals surface area contributed by atoms with E-state index in [2.05, 4.69) is 15.3 Å². The van der Waals surface area contributed by atoms with Crippen LogP contribution in [0.3, 0.4) is 0 Å². The molecule has 6 nitrogen and oxygen atoms in total. The van der Waals surface area contributed by atoms with Crippen molar-refractivity contribution in [2.24, 2.45) is 0 Å². The summed E-state index contributed by atoms with van der Waals surface area (Å²) >= 11 is 1.34. The van der Waals surface area contributed by atoms with Gasteiger partial charge in [0.05, 0.1) is 4.92 Å². The van der Waals surface area contributed by atoms with Crippen molar-refractivity contribution in [3.63, 3.8) is 0 Å². The summed E-state index contributed by atoms with van der Waals surface area (Å²) in [5.74, 6) is 0.896. The molecule has 0 spiro atoms. The first-order valence-corrected chi connectivity index (χ1v) is 7.11. The van der Waals surface area contributed by atoms with Crippen LogP contribution in [0.25, 0.3) is 0 Å². The third-order valence-electron chi connectivity index (χ3n) is 2.53. The summed E-state index contributed by atoms with van der Waals surface area (Å²) in [7, 11) is 0. The van der Waals surface area contributed by atoms with Crippen LogP contribution in [0.2, 0.25) is 0 Å². The van der Waals surface area contributed by atoms with Crippen molar-refractivity contribution in [1.82, 2.24) is 9.97 Å². The van der Waals surface area contributed by atoms with Gasteiger partial charge in [0.1, 0.15) is 6.33 Å². The summed E-state index contributed by atoms with van der Waals surface area (Å²) in [6.07, 6.45) is 1.35. The highest BCUT2D eigenvalue weighted by molar-refractivity contribution is 7.98. The predicted octanol–water partition coefficient (Wildman–Crippen LogP) is 3.11. The van der Waals surface area contributed by atoms with Crippen LogP contribution in [0, 0.1) is 10.1 Å². The topological polar surface area (TPSA) is 81.0 Å². The van der Waals surface area contributed by atoms with E-state index in [1.54, 1.807) is 0 Å². The molecule has 0 fully saturated rings. The Morgan fingerprint density at radius 2 is 2.05 bits per heavy atom. The molecule has 0 radical (unpaired) electrons. The first-order valence-electron chi connectivity index (χ1n) is 6.12. The standard InChI is InChI=1S/C13H14N4O2S/c1-2-14-12-11(17(18)19)13(16-9-15-12)20-8-10-6-4-3-5-7-10/h3-7,9H,2,8H2,1H3,(H,14,15,16). The van der Waals surface area contributed by atoms with E-state index >= 15 is 0 Å². The zero-order valence-corrected chi connectivity index (χ0v) is 11.8. The Labute approximate surface area is 120 Å². The van der Waals surface area contributed by atoms with Gasteiger partial charge in [-0.25, -0.2) is 9.97 Å². The number of hydrogen-bond donors (Lipinski definition) is 1. The van der Waals surface area contributed by atoms with Gasteiger partial charge in [0, 0.05) is 12.3 Å². The molecule has 0 aliphatic heterocycles. The Morgan fingerprint density at radius 3 is 2.70 bits per heavy atom. The largest absolute Gasteiger partial charge is 0.364 e. The lowest BCUT2D eigenvalue weighted by molar-refractivity contribution is -0.387. The number of anilines is 1. The molecule has 7 heteroatoms. The zero-order chi connectivity index (χ0) is 14.4. The van der Waals surface area contributed by atoms with Gasteiger partial charge in [0.15, 0.2) is 5.03 Å². The van der Waals surface area contributed by atoms with Gasteiger partial charge in [0.25, 0.3) is 0 Å². The maximum Gasteiger partial charge on any atom is 0.343 e. The molecule has 0 aliphatic rings. The highest BCUT2D eigenvalue weighted by atomic mass is 32.2. The molecule has 1 N–H and O–H groups in total. The fraction of sp³-hybridized carbons (Fsp3) is 0.231.